The van der Waals surface area contributed by atoms with E-state index < -0.39 is 35.1 Å². The Bertz CT molecular complexity index is 1480. The minimum absolute atomic E-state index is 0.0603. The van der Waals surface area contributed by atoms with Crippen molar-refractivity contribution in [3.63, 3.8) is 0 Å². The summed E-state index contributed by atoms with van der Waals surface area (Å²) in [5.74, 6) is -0.656. The maximum atomic E-state index is 14.4. The molecule has 3 heterocycles. The average molecular weight is 582 g/mol. The zero-order valence-corrected chi connectivity index (χ0v) is 23.7. The van der Waals surface area contributed by atoms with Gasteiger partial charge in [0.15, 0.2) is 17.7 Å². The number of hydrogen-bond donors (Lipinski definition) is 1. The van der Waals surface area contributed by atoms with E-state index in [1.807, 2.05) is 91.0 Å². The molecule has 7 rings (SSSR count). The van der Waals surface area contributed by atoms with E-state index in [1.165, 1.54) is 11.8 Å². The molecule has 5 atom stereocenters. The Balaban J connectivity index is 1.17. The van der Waals surface area contributed by atoms with Gasteiger partial charge in [-0.05, 0) is 36.0 Å². The Morgan fingerprint density at radius 1 is 1.00 bits per heavy atom. The molecule has 1 saturated carbocycles. The fourth-order valence-electron chi connectivity index (χ4n) is 6.72. The molecule has 42 heavy (non-hydrogen) atoms. The van der Waals surface area contributed by atoms with Crippen molar-refractivity contribution >= 4 is 35.3 Å². The van der Waals surface area contributed by atoms with Crippen molar-refractivity contribution in [2.24, 2.45) is 11.1 Å². The zero-order chi connectivity index (χ0) is 28.7. The van der Waals surface area contributed by atoms with Gasteiger partial charge in [0.2, 0.25) is 11.8 Å². The number of benzene rings is 3. The molecule has 3 aliphatic heterocycles. The fraction of sp³-hybridized carbons (Fsp3) is 0.333. The van der Waals surface area contributed by atoms with Crippen LogP contribution in [0.5, 0.6) is 0 Å². The van der Waals surface area contributed by atoms with Crippen LogP contribution in [0.3, 0.4) is 0 Å². The lowest BCUT2D eigenvalue weighted by molar-refractivity contribution is -0.188. The number of fused-ring (bicyclic) bond motifs is 3. The second kappa shape index (κ2) is 10.9. The highest BCUT2D eigenvalue weighted by atomic mass is 32.2. The topological polar surface area (TPSA) is 97.3 Å². The van der Waals surface area contributed by atoms with Gasteiger partial charge in [-0.2, -0.15) is 0 Å². The molecule has 2 amide bonds. The Kier molecular flexibility index (Phi) is 6.98. The van der Waals surface area contributed by atoms with Crippen LogP contribution in [0.25, 0.3) is 0 Å². The van der Waals surface area contributed by atoms with Gasteiger partial charge in [0, 0.05) is 11.7 Å². The Labute approximate surface area is 248 Å². The predicted molar refractivity (Wildman–Crippen MR) is 158 cm³/mol. The van der Waals surface area contributed by atoms with Gasteiger partial charge < -0.3 is 19.8 Å². The van der Waals surface area contributed by atoms with Gasteiger partial charge in [-0.15, -0.1) is 11.8 Å². The number of nitrogens with one attached hydrogen (secondary N) is 1. The third-order valence-corrected chi connectivity index (χ3v) is 10.2. The SMILES string of the molecule is O=C(Cc1ccccc1)N[C@@H]1C(=O)N2[C@@H]1SCC1(ON=C3CCCC31)[C@@H]2C(=O)OC(c1ccccc1)c1ccccc1. The summed E-state index contributed by atoms with van der Waals surface area (Å²) in [4.78, 5) is 48.7. The van der Waals surface area contributed by atoms with E-state index in [0.29, 0.717) is 5.75 Å². The molecule has 4 aliphatic rings. The summed E-state index contributed by atoms with van der Waals surface area (Å²) in [6.07, 6.45) is 2.15. The fourth-order valence-corrected chi connectivity index (χ4v) is 8.33. The molecular weight excluding hydrogens is 550 g/mol. The maximum absolute atomic E-state index is 14.4. The molecule has 9 heteroatoms. The van der Waals surface area contributed by atoms with E-state index >= 15 is 0 Å². The van der Waals surface area contributed by atoms with Gasteiger partial charge in [0.1, 0.15) is 11.4 Å². The number of amides is 2. The lowest BCUT2D eigenvalue weighted by Crippen LogP contribution is -2.80. The second-order valence-electron chi connectivity index (χ2n) is 11.3. The van der Waals surface area contributed by atoms with Crippen molar-refractivity contribution < 1.29 is 24.0 Å². The van der Waals surface area contributed by atoms with Crippen LogP contribution in [0.15, 0.2) is 96.2 Å². The van der Waals surface area contributed by atoms with Crippen LogP contribution in [-0.2, 0) is 30.4 Å². The number of oxime groups is 1. The Hall–Kier alpha value is -4.11. The number of rotatable bonds is 7. The molecule has 3 aromatic carbocycles. The number of thioether (sulfide) groups is 1. The molecule has 1 spiro atoms. The van der Waals surface area contributed by atoms with E-state index in [0.717, 1.165) is 41.7 Å². The molecule has 2 saturated heterocycles. The van der Waals surface area contributed by atoms with Gasteiger partial charge in [-0.1, -0.05) is 96.2 Å². The van der Waals surface area contributed by atoms with Crippen molar-refractivity contribution in [3.05, 3.63) is 108 Å². The monoisotopic (exact) mass is 581 g/mol. The van der Waals surface area contributed by atoms with Crippen LogP contribution >= 0.6 is 11.8 Å². The molecule has 0 bridgehead atoms. The van der Waals surface area contributed by atoms with Crippen molar-refractivity contribution in [1.82, 2.24) is 10.2 Å². The van der Waals surface area contributed by atoms with Crippen molar-refractivity contribution in [2.75, 3.05) is 5.75 Å². The normalized spacial score (nSPS) is 27.5. The van der Waals surface area contributed by atoms with Crippen LogP contribution < -0.4 is 5.32 Å². The van der Waals surface area contributed by atoms with Gasteiger partial charge in [-0.3, -0.25) is 9.59 Å². The lowest BCUT2D eigenvalue weighted by Gasteiger charge is -2.57. The lowest BCUT2D eigenvalue weighted by atomic mass is 9.78. The Morgan fingerprint density at radius 3 is 2.31 bits per heavy atom. The molecule has 3 fully saturated rings. The summed E-state index contributed by atoms with van der Waals surface area (Å²) in [6, 6.07) is 26.9. The third-order valence-electron chi connectivity index (χ3n) is 8.74. The highest BCUT2D eigenvalue weighted by molar-refractivity contribution is 8.00. The molecule has 3 aromatic rings. The van der Waals surface area contributed by atoms with Crippen molar-refractivity contribution in [3.8, 4) is 0 Å². The first-order valence-corrected chi connectivity index (χ1v) is 15.4. The predicted octanol–water partition coefficient (Wildman–Crippen LogP) is 4.26. The van der Waals surface area contributed by atoms with E-state index in [2.05, 4.69) is 10.5 Å². The van der Waals surface area contributed by atoms with Gasteiger partial charge in [-0.25, -0.2) is 4.79 Å². The minimum atomic E-state index is -1.00. The summed E-state index contributed by atoms with van der Waals surface area (Å²) in [7, 11) is 0. The smallest absolute Gasteiger partial charge is 0.334 e. The molecular formula is C33H31N3O5S. The highest BCUT2D eigenvalue weighted by Gasteiger charge is 2.69. The number of β-lactam (4-membered cyclic amide) rings is 1. The number of esters is 1. The summed E-state index contributed by atoms with van der Waals surface area (Å²) < 4.78 is 6.33. The largest absolute Gasteiger partial charge is 0.451 e. The first-order chi connectivity index (χ1) is 20.5. The maximum Gasteiger partial charge on any atom is 0.334 e. The summed E-state index contributed by atoms with van der Waals surface area (Å²) in [5.41, 5.74) is 2.48. The highest BCUT2D eigenvalue weighted by Crippen LogP contribution is 2.53. The quantitative estimate of drug-likeness (QED) is 0.331. The molecule has 1 aliphatic carbocycles. The first kappa shape index (κ1) is 26.8. The van der Waals surface area contributed by atoms with Crippen LogP contribution in [0.2, 0.25) is 0 Å². The standard InChI is InChI=1S/C33H31N3O5S/c37-26(19-21-11-4-1-5-12-21)34-27-30(38)36-29(33(20-42-31(27)36)24-17-10-18-25(24)35-41-33)32(39)40-28(22-13-6-2-7-14-22)23-15-8-3-9-16-23/h1-9,11-16,24,27-29,31H,10,17-20H2,(H,34,37)/t24?,27-,29+,31-,33?/m1/s1. The number of hydrogen-bond acceptors (Lipinski definition) is 7. The van der Waals surface area contributed by atoms with Gasteiger partial charge in [0.05, 0.1) is 12.1 Å². The average Bonchev–Trinajstić information content (AvgIpc) is 3.64. The van der Waals surface area contributed by atoms with Crippen LogP contribution in [-0.4, -0.2) is 57.2 Å². The van der Waals surface area contributed by atoms with E-state index in [9.17, 15) is 14.4 Å². The molecule has 2 unspecified atom stereocenters. The van der Waals surface area contributed by atoms with Crippen LogP contribution in [0.4, 0.5) is 0 Å². The molecule has 0 aromatic heterocycles. The summed E-state index contributed by atoms with van der Waals surface area (Å²) >= 11 is 1.54. The number of ether oxygens (including phenoxy) is 1. The van der Waals surface area contributed by atoms with Crippen molar-refractivity contribution in [2.45, 2.75) is 54.8 Å². The minimum Gasteiger partial charge on any atom is -0.451 e. The Morgan fingerprint density at radius 2 is 1.64 bits per heavy atom. The van der Waals surface area contributed by atoms with E-state index in [1.54, 1.807) is 4.90 Å². The number of nitrogens with zero attached hydrogens (tertiary/aromatic N) is 2. The first-order valence-electron chi connectivity index (χ1n) is 14.4. The van der Waals surface area contributed by atoms with Crippen LogP contribution in [0, 0.1) is 5.92 Å². The van der Waals surface area contributed by atoms with Crippen molar-refractivity contribution in [1.29, 1.82) is 0 Å². The zero-order valence-electron chi connectivity index (χ0n) is 22.9. The summed E-state index contributed by atoms with van der Waals surface area (Å²) in [6.45, 7) is 0. The van der Waals surface area contributed by atoms with Gasteiger partial charge >= 0.3 is 5.97 Å². The molecule has 1 N–H and O–H groups in total. The summed E-state index contributed by atoms with van der Waals surface area (Å²) in [5, 5.41) is 6.93. The number of carbonyl (C=O) groups excluding carboxylic acids is 3. The van der Waals surface area contributed by atoms with Gasteiger partial charge in [0.25, 0.3) is 0 Å². The molecule has 8 nitrogen and oxygen atoms in total. The second-order valence-corrected chi connectivity index (χ2v) is 12.4. The van der Waals surface area contributed by atoms with Crippen LogP contribution in [0.1, 0.15) is 42.1 Å². The van der Waals surface area contributed by atoms with E-state index in [4.69, 9.17) is 9.57 Å². The number of carbonyl (C=O) groups is 3. The molecule has 0 radical (unpaired) electrons. The molecule has 214 valence electrons. The van der Waals surface area contributed by atoms with E-state index in [-0.39, 0.29) is 24.2 Å². The third kappa shape index (κ3) is 4.56.